The zero-order valence-electron chi connectivity index (χ0n) is 12.1. The van der Waals surface area contributed by atoms with Crippen LogP contribution in [0.5, 0.6) is 0 Å². The lowest BCUT2D eigenvalue weighted by Gasteiger charge is -2.26. The van der Waals surface area contributed by atoms with E-state index in [1.54, 1.807) is 0 Å². The van der Waals surface area contributed by atoms with Gasteiger partial charge in [0.25, 0.3) is 0 Å². The number of nitrogens with one attached hydrogen (secondary N) is 2. The van der Waals surface area contributed by atoms with Crippen molar-refractivity contribution in [1.29, 1.82) is 0 Å². The molecule has 0 fully saturated rings. The highest BCUT2D eigenvalue weighted by molar-refractivity contribution is 5.13. The highest BCUT2D eigenvalue weighted by Crippen LogP contribution is 2.07. The van der Waals surface area contributed by atoms with Crippen LogP contribution in [-0.2, 0) is 11.3 Å². The molecule has 1 rings (SSSR count). The standard InChI is InChI=1S/C15H26N2O2/c1-4-14(16-17-15(18)5-2)12(3)19-11-13-9-7-6-8-10-13/h6-10,12,14-18H,4-5,11H2,1-3H3/t12-,14-,15?/m0/s1. The maximum atomic E-state index is 9.48. The van der Waals surface area contributed by atoms with Gasteiger partial charge >= 0.3 is 0 Å². The summed E-state index contributed by atoms with van der Waals surface area (Å²) in [4.78, 5) is 0. The van der Waals surface area contributed by atoms with Gasteiger partial charge in [0.2, 0.25) is 0 Å². The van der Waals surface area contributed by atoms with E-state index < -0.39 is 6.23 Å². The Morgan fingerprint density at radius 1 is 1.11 bits per heavy atom. The fraction of sp³-hybridized carbons (Fsp3) is 0.600. The fourth-order valence-electron chi connectivity index (χ4n) is 1.77. The van der Waals surface area contributed by atoms with Gasteiger partial charge in [-0.15, -0.1) is 0 Å². The summed E-state index contributed by atoms with van der Waals surface area (Å²) in [6, 6.07) is 10.3. The maximum Gasteiger partial charge on any atom is 0.116 e. The van der Waals surface area contributed by atoms with Gasteiger partial charge in [-0.3, -0.25) is 0 Å². The Balaban J connectivity index is 2.34. The molecule has 0 amide bonds. The minimum Gasteiger partial charge on any atom is -0.377 e. The first-order valence-corrected chi connectivity index (χ1v) is 7.02. The molecule has 3 N–H and O–H groups in total. The minimum absolute atomic E-state index is 0.0711. The fourth-order valence-corrected chi connectivity index (χ4v) is 1.77. The number of benzene rings is 1. The monoisotopic (exact) mass is 266 g/mol. The topological polar surface area (TPSA) is 53.5 Å². The van der Waals surface area contributed by atoms with Crippen LogP contribution in [0.3, 0.4) is 0 Å². The lowest BCUT2D eigenvalue weighted by molar-refractivity contribution is 0.0121. The van der Waals surface area contributed by atoms with Gasteiger partial charge in [0.1, 0.15) is 6.23 Å². The molecule has 0 heterocycles. The molecule has 108 valence electrons. The third-order valence-corrected chi connectivity index (χ3v) is 3.18. The normalized spacial score (nSPS) is 16.0. The Hall–Kier alpha value is -0.940. The van der Waals surface area contributed by atoms with Crippen LogP contribution in [-0.4, -0.2) is 23.5 Å². The summed E-state index contributed by atoms with van der Waals surface area (Å²) in [5.74, 6) is 0. The number of rotatable bonds is 9. The molecule has 0 radical (unpaired) electrons. The molecule has 0 aliphatic carbocycles. The number of ether oxygens (including phenoxy) is 1. The van der Waals surface area contributed by atoms with Crippen LogP contribution < -0.4 is 10.9 Å². The largest absolute Gasteiger partial charge is 0.377 e. The lowest BCUT2D eigenvalue weighted by atomic mass is 10.1. The molecule has 0 bridgehead atoms. The Morgan fingerprint density at radius 3 is 2.37 bits per heavy atom. The molecule has 0 spiro atoms. The smallest absolute Gasteiger partial charge is 0.116 e. The zero-order valence-corrected chi connectivity index (χ0v) is 12.1. The van der Waals surface area contributed by atoms with Gasteiger partial charge in [0.05, 0.1) is 12.7 Å². The van der Waals surface area contributed by atoms with E-state index in [4.69, 9.17) is 4.74 Å². The first kappa shape index (κ1) is 16.1. The van der Waals surface area contributed by atoms with Crippen molar-refractivity contribution in [2.24, 2.45) is 0 Å². The van der Waals surface area contributed by atoms with Gasteiger partial charge in [0, 0.05) is 6.04 Å². The second-order valence-corrected chi connectivity index (χ2v) is 4.73. The predicted octanol–water partition coefficient (Wildman–Crippen LogP) is 2.19. The quantitative estimate of drug-likeness (QED) is 0.474. The van der Waals surface area contributed by atoms with E-state index in [2.05, 4.69) is 29.9 Å². The van der Waals surface area contributed by atoms with E-state index in [1.807, 2.05) is 32.0 Å². The van der Waals surface area contributed by atoms with E-state index >= 15 is 0 Å². The molecule has 0 aromatic heterocycles. The Kier molecular flexibility index (Phi) is 7.67. The highest BCUT2D eigenvalue weighted by Gasteiger charge is 2.16. The van der Waals surface area contributed by atoms with Crippen molar-refractivity contribution in [3.8, 4) is 0 Å². The van der Waals surface area contributed by atoms with Crippen molar-refractivity contribution in [3.63, 3.8) is 0 Å². The SMILES string of the molecule is CCC(O)NN[C@@H](CC)[C@H](C)OCc1ccccc1. The van der Waals surface area contributed by atoms with E-state index in [0.717, 1.165) is 6.42 Å². The van der Waals surface area contributed by atoms with E-state index in [0.29, 0.717) is 13.0 Å². The Labute approximate surface area is 116 Å². The van der Waals surface area contributed by atoms with Crippen molar-refractivity contribution in [3.05, 3.63) is 35.9 Å². The van der Waals surface area contributed by atoms with Gasteiger partial charge in [-0.2, -0.15) is 0 Å². The Bertz CT molecular complexity index is 332. The van der Waals surface area contributed by atoms with E-state index in [-0.39, 0.29) is 12.1 Å². The third kappa shape index (κ3) is 6.16. The molecule has 1 aromatic carbocycles. The van der Waals surface area contributed by atoms with Crippen LogP contribution in [0, 0.1) is 0 Å². The summed E-state index contributed by atoms with van der Waals surface area (Å²) in [6.07, 6.45) is 1.15. The summed E-state index contributed by atoms with van der Waals surface area (Å²) in [7, 11) is 0. The van der Waals surface area contributed by atoms with Crippen molar-refractivity contribution < 1.29 is 9.84 Å². The number of aliphatic hydroxyl groups excluding tert-OH is 1. The first-order chi connectivity index (χ1) is 9.17. The van der Waals surface area contributed by atoms with Gasteiger partial charge in [-0.1, -0.05) is 44.2 Å². The number of hydrazine groups is 1. The van der Waals surface area contributed by atoms with Crippen molar-refractivity contribution >= 4 is 0 Å². The molecule has 0 saturated heterocycles. The van der Waals surface area contributed by atoms with Gasteiger partial charge < -0.3 is 9.84 Å². The lowest BCUT2D eigenvalue weighted by Crippen LogP contribution is -2.50. The molecular formula is C15H26N2O2. The summed E-state index contributed by atoms with van der Waals surface area (Å²) < 4.78 is 5.86. The molecule has 3 atom stereocenters. The molecule has 1 unspecified atom stereocenters. The van der Waals surface area contributed by atoms with Crippen LogP contribution in [0.4, 0.5) is 0 Å². The molecule has 4 heteroatoms. The maximum absolute atomic E-state index is 9.48. The second kappa shape index (κ2) is 9.04. The van der Waals surface area contributed by atoms with E-state index in [1.165, 1.54) is 5.56 Å². The number of aliphatic hydroxyl groups is 1. The van der Waals surface area contributed by atoms with Crippen molar-refractivity contribution in [2.75, 3.05) is 0 Å². The van der Waals surface area contributed by atoms with Crippen LogP contribution >= 0.6 is 0 Å². The average molecular weight is 266 g/mol. The molecule has 1 aromatic rings. The zero-order chi connectivity index (χ0) is 14.1. The van der Waals surface area contributed by atoms with Crippen LogP contribution in [0.1, 0.15) is 39.2 Å². The molecule has 4 nitrogen and oxygen atoms in total. The third-order valence-electron chi connectivity index (χ3n) is 3.18. The van der Waals surface area contributed by atoms with Gasteiger partial charge in [0.15, 0.2) is 0 Å². The molecule has 0 aliphatic heterocycles. The van der Waals surface area contributed by atoms with Gasteiger partial charge in [-0.05, 0) is 25.3 Å². The summed E-state index contributed by atoms with van der Waals surface area (Å²) >= 11 is 0. The average Bonchev–Trinajstić information content (AvgIpc) is 2.46. The van der Waals surface area contributed by atoms with Crippen LogP contribution in [0.15, 0.2) is 30.3 Å². The number of hydrogen-bond acceptors (Lipinski definition) is 4. The summed E-state index contributed by atoms with van der Waals surface area (Å²) in [5.41, 5.74) is 7.19. The molecule has 0 aliphatic rings. The van der Waals surface area contributed by atoms with E-state index in [9.17, 15) is 5.11 Å². The summed E-state index contributed by atoms with van der Waals surface area (Å²) in [6.45, 7) is 6.68. The minimum atomic E-state index is -0.518. The molecule has 0 saturated carbocycles. The van der Waals surface area contributed by atoms with Crippen LogP contribution in [0.2, 0.25) is 0 Å². The summed E-state index contributed by atoms with van der Waals surface area (Å²) in [5, 5.41) is 9.48. The first-order valence-electron chi connectivity index (χ1n) is 7.02. The van der Waals surface area contributed by atoms with Crippen molar-refractivity contribution in [1.82, 2.24) is 10.9 Å². The predicted molar refractivity (Wildman–Crippen MR) is 77.3 cm³/mol. The number of hydrogen-bond donors (Lipinski definition) is 3. The molecular weight excluding hydrogens is 240 g/mol. The van der Waals surface area contributed by atoms with Crippen molar-refractivity contribution in [2.45, 2.75) is 58.6 Å². The van der Waals surface area contributed by atoms with Gasteiger partial charge in [-0.25, -0.2) is 10.9 Å². The highest BCUT2D eigenvalue weighted by atomic mass is 16.5. The molecule has 19 heavy (non-hydrogen) atoms. The van der Waals surface area contributed by atoms with Crippen LogP contribution in [0.25, 0.3) is 0 Å². The second-order valence-electron chi connectivity index (χ2n) is 4.73. The Morgan fingerprint density at radius 2 is 1.79 bits per heavy atom.